The van der Waals surface area contributed by atoms with Crippen molar-refractivity contribution in [1.82, 2.24) is 39.0 Å². The number of alkyl halides is 1. The Labute approximate surface area is 265 Å². The van der Waals surface area contributed by atoms with E-state index in [0.717, 1.165) is 0 Å². The first-order valence-electron chi connectivity index (χ1n) is 13.5. The van der Waals surface area contributed by atoms with Gasteiger partial charge in [0.05, 0.1) is 25.9 Å². The smallest absolute Gasteiger partial charge is 0.382 e. The Kier molecular flexibility index (Phi) is 6.06. The fraction of sp³-hybridized carbons (Fsp3) is 0.524. The highest BCUT2D eigenvalue weighted by Crippen LogP contribution is 2.79. The molecule has 0 amide bonds. The number of nitrogen functional groups attached to an aromatic ring is 2. The predicted octanol–water partition coefficient (Wildman–Crippen LogP) is 0.671. The second-order valence-corrected chi connectivity index (χ2v) is 16.8. The summed E-state index contributed by atoms with van der Waals surface area (Å²) in [6, 6.07) is 0. The van der Waals surface area contributed by atoms with E-state index >= 15 is 4.39 Å². The maximum Gasteiger partial charge on any atom is 0.387 e. The molecule has 0 aromatic carbocycles. The zero-order valence-electron chi connectivity index (χ0n) is 22.7. The summed E-state index contributed by atoms with van der Waals surface area (Å²) in [7, 11) is 0. The number of nitrogens with one attached hydrogen (secondary N) is 1. The van der Waals surface area contributed by atoms with E-state index in [0.29, 0.717) is 0 Å². The number of hydrogen-bond donors (Lipinski definition) is 5. The fourth-order valence-corrected chi connectivity index (χ4v) is 10.3. The first-order chi connectivity index (χ1) is 21.8. The number of rotatable bonds is 2. The molecule has 4 aliphatic heterocycles. The molecule has 20 nitrogen and oxygen atoms in total. The third-order valence-electron chi connectivity index (χ3n) is 8.70. The van der Waals surface area contributed by atoms with Gasteiger partial charge in [0.25, 0.3) is 5.56 Å². The number of hydrogen-bond acceptors (Lipinski definition) is 17. The number of nitrogens with zero attached hydrogens (tertiary/aromatic N) is 7. The van der Waals surface area contributed by atoms with Gasteiger partial charge in [-0.3, -0.25) is 37.0 Å². The van der Waals surface area contributed by atoms with Gasteiger partial charge in [0.15, 0.2) is 52.5 Å². The summed E-state index contributed by atoms with van der Waals surface area (Å²) in [4.78, 5) is 35.1. The van der Waals surface area contributed by atoms with Crippen LogP contribution < -0.4 is 17.0 Å². The second kappa shape index (κ2) is 9.47. The number of aromatic amines is 1. The minimum absolute atomic E-state index is 0.0258. The van der Waals surface area contributed by atoms with Gasteiger partial charge in [-0.15, -0.1) is 0 Å². The molecule has 8 heterocycles. The number of thiol groups is 2. The molecular formula is C21H21FN10O10P2S2. The average molecular weight is 719 g/mol. The van der Waals surface area contributed by atoms with Crippen molar-refractivity contribution in [3.05, 3.63) is 29.3 Å². The fourth-order valence-electron chi connectivity index (χ4n) is 6.75. The van der Waals surface area contributed by atoms with Crippen LogP contribution in [0.25, 0.3) is 22.3 Å². The van der Waals surface area contributed by atoms with Crippen molar-refractivity contribution in [3.8, 4) is 0 Å². The van der Waals surface area contributed by atoms with Crippen LogP contribution in [0.5, 0.6) is 0 Å². The number of imidazole rings is 2. The Morgan fingerprint density at radius 2 is 1.78 bits per heavy atom. The number of ether oxygens (including phenoxy) is 3. The van der Waals surface area contributed by atoms with Crippen molar-refractivity contribution in [1.29, 1.82) is 0 Å². The monoisotopic (exact) mass is 718 g/mol. The summed E-state index contributed by atoms with van der Waals surface area (Å²) in [5.41, 5.74) is 8.20. The number of nitrogens with two attached hydrogens (primary N) is 2. The van der Waals surface area contributed by atoms with E-state index in [1.807, 2.05) is 0 Å². The van der Waals surface area contributed by atoms with Crippen LogP contribution in [0.2, 0.25) is 0 Å². The minimum Gasteiger partial charge on any atom is -0.382 e. The molecule has 1 spiro atoms. The molecule has 4 saturated heterocycles. The number of halogens is 1. The van der Waals surface area contributed by atoms with Crippen molar-refractivity contribution < 1.29 is 45.8 Å². The summed E-state index contributed by atoms with van der Waals surface area (Å²) in [6.07, 6.45) is -6.00. The van der Waals surface area contributed by atoms with Gasteiger partial charge in [0.2, 0.25) is 5.95 Å². The Morgan fingerprint density at radius 1 is 1.02 bits per heavy atom. The molecule has 2 bridgehead atoms. The second-order valence-electron chi connectivity index (χ2n) is 11.2. The molecule has 5 N–H and O–H groups in total. The Morgan fingerprint density at radius 3 is 2.59 bits per heavy atom. The van der Waals surface area contributed by atoms with Gasteiger partial charge < -0.3 is 25.7 Å². The van der Waals surface area contributed by atoms with E-state index in [1.54, 1.807) is 0 Å². The minimum atomic E-state index is -4.45. The third kappa shape index (κ3) is 3.89. The average Bonchev–Trinajstić information content (AvgIpc) is 3.64. The Balaban J connectivity index is 1.05. The van der Waals surface area contributed by atoms with Crippen LogP contribution in [0.3, 0.4) is 0 Å². The zero-order valence-corrected chi connectivity index (χ0v) is 26.3. The largest absolute Gasteiger partial charge is 0.387 e. The molecule has 9 rings (SSSR count). The number of H-pyrrole nitrogens is 1. The van der Waals surface area contributed by atoms with Crippen molar-refractivity contribution in [3.63, 3.8) is 0 Å². The van der Waals surface area contributed by atoms with Gasteiger partial charge in [-0.25, -0.2) is 33.5 Å². The number of anilines is 2. The van der Waals surface area contributed by atoms with Crippen molar-refractivity contribution in [2.75, 3.05) is 24.7 Å². The maximum atomic E-state index is 16.1. The molecular weight excluding hydrogens is 697 g/mol. The lowest BCUT2D eigenvalue weighted by atomic mass is 10.1. The first-order valence-corrected chi connectivity index (χ1v) is 18.9. The standard InChI is InChI=1S/C21H21FN10O10P2S2/c22-7-10-6(38-16(7)31-4-27-8-12(23)25-3-26-13(8)31)1-37-43(34,45)42-21-11-17(32-5-28-9-14(32)29-19(24)30-15(9)33)39-20(21,2-36-11)18(21)41-44(35,46)40-10/h3-7,10-11,16-18H,1-2H2,(H,34,45)(H,35,46)(H2,23,25,26)(H3,24,29,30,33)/t6-,7-,10-,11+,16-,17-,18?,20-,21-,43?,44?/m1/s1. The quantitative estimate of drug-likeness (QED) is 0.141. The lowest BCUT2D eigenvalue weighted by Gasteiger charge is -2.33. The van der Waals surface area contributed by atoms with Gasteiger partial charge in [-0.05, 0) is 0 Å². The predicted molar refractivity (Wildman–Crippen MR) is 156 cm³/mol. The van der Waals surface area contributed by atoms with E-state index in [-0.39, 0.29) is 40.7 Å². The highest BCUT2D eigenvalue weighted by Gasteiger charge is 2.96. The summed E-state index contributed by atoms with van der Waals surface area (Å²) >= 11 is 8.32. The van der Waals surface area contributed by atoms with Gasteiger partial charge >= 0.3 is 13.6 Å². The van der Waals surface area contributed by atoms with Gasteiger partial charge in [0.1, 0.15) is 36.3 Å². The molecule has 1 saturated carbocycles. The SMILES string of the molecule is Nc1nc2c(ncn2[C@@H]2O[C@@]34CO[C@@H]2[C@]32OP(=O)(S)OC[C@H]3O[C@@H](n5cnc6c(N)ncnc65)[C@H](F)[C@@H]3OP(=O)(S)OC42)c(=O)[nH]1. The first kappa shape index (κ1) is 29.4. The van der Waals surface area contributed by atoms with Crippen LogP contribution in [0, 0.1) is 0 Å². The van der Waals surface area contributed by atoms with Crippen molar-refractivity contribution in [2.45, 2.75) is 54.2 Å². The summed E-state index contributed by atoms with van der Waals surface area (Å²) in [5, 5.41) is 0. The lowest BCUT2D eigenvalue weighted by Crippen LogP contribution is -2.42. The number of fused-ring (bicyclic) bond motifs is 3. The van der Waals surface area contributed by atoms with Gasteiger partial charge in [-0.1, -0.05) is 24.5 Å². The topological polar surface area (TPSA) is 258 Å². The van der Waals surface area contributed by atoms with Gasteiger partial charge in [0, 0.05) is 0 Å². The van der Waals surface area contributed by atoms with Crippen molar-refractivity contribution >= 4 is 72.2 Å². The van der Waals surface area contributed by atoms with Crippen LogP contribution in [-0.4, -0.2) is 94.0 Å². The molecule has 3 unspecified atom stereocenters. The van der Waals surface area contributed by atoms with Crippen LogP contribution >= 0.6 is 38.1 Å². The highest BCUT2D eigenvalue weighted by molar-refractivity contribution is 8.44. The lowest BCUT2D eigenvalue weighted by molar-refractivity contribution is -0.189. The molecule has 244 valence electrons. The van der Waals surface area contributed by atoms with E-state index in [2.05, 4.69) is 54.4 Å². The molecule has 46 heavy (non-hydrogen) atoms. The summed E-state index contributed by atoms with van der Waals surface area (Å²) < 4.78 is 87.6. The van der Waals surface area contributed by atoms with E-state index in [1.165, 1.54) is 28.1 Å². The molecule has 4 aromatic rings. The van der Waals surface area contributed by atoms with E-state index < -0.39 is 80.0 Å². The van der Waals surface area contributed by atoms with Crippen LogP contribution in [-0.2, 0) is 41.4 Å². The summed E-state index contributed by atoms with van der Waals surface area (Å²) in [6.45, 7) is -9.54. The van der Waals surface area contributed by atoms with Crippen LogP contribution in [0.1, 0.15) is 12.5 Å². The third-order valence-corrected chi connectivity index (χ3v) is 11.8. The van der Waals surface area contributed by atoms with Crippen LogP contribution in [0.15, 0.2) is 23.8 Å². The van der Waals surface area contributed by atoms with Gasteiger partial charge in [-0.2, -0.15) is 4.98 Å². The van der Waals surface area contributed by atoms with E-state index in [4.69, 9.17) is 43.8 Å². The Hall–Kier alpha value is -2.69. The molecule has 5 fully saturated rings. The molecule has 1 aliphatic carbocycles. The zero-order chi connectivity index (χ0) is 32.0. The van der Waals surface area contributed by atoms with E-state index in [9.17, 15) is 13.9 Å². The Bertz CT molecular complexity index is 2120. The van der Waals surface area contributed by atoms with Crippen molar-refractivity contribution in [2.24, 2.45) is 0 Å². The molecule has 5 aliphatic rings. The molecule has 0 radical (unpaired) electrons. The normalized spacial score (nSPS) is 43.3. The molecule has 11 atom stereocenters. The molecule has 25 heteroatoms. The molecule has 4 aromatic heterocycles. The van der Waals surface area contributed by atoms with Crippen LogP contribution in [0.4, 0.5) is 16.2 Å². The highest BCUT2D eigenvalue weighted by atomic mass is 32.7. The maximum absolute atomic E-state index is 16.1. The number of aromatic nitrogens is 8. The summed E-state index contributed by atoms with van der Waals surface area (Å²) in [5.74, 6) is -0.104.